The van der Waals surface area contributed by atoms with Crippen LogP contribution in [0.1, 0.15) is 34.1 Å². The molecule has 1 aromatic rings. The molecule has 130 valence electrons. The number of rotatable bonds is 3. The number of nitrogens with zero attached hydrogens (tertiary/aromatic N) is 3. The van der Waals surface area contributed by atoms with E-state index in [2.05, 4.69) is 27.5 Å². The lowest BCUT2D eigenvalue weighted by atomic mass is 9.95. The van der Waals surface area contributed by atoms with E-state index in [0.29, 0.717) is 12.5 Å². The normalized spacial score (nSPS) is 21.0. The maximum atomic E-state index is 12.0. The number of aromatic nitrogens is 1. The average Bonchev–Trinajstić information content (AvgIpc) is 2.45. The van der Waals surface area contributed by atoms with Crippen molar-refractivity contribution in [3.05, 3.63) is 18.5 Å². The molecule has 0 saturated carbocycles. The Labute approximate surface area is 147 Å². The second kappa shape index (κ2) is 7.75. The highest BCUT2D eigenvalue weighted by molar-refractivity contribution is 8.03. The summed E-state index contributed by atoms with van der Waals surface area (Å²) >= 11 is 1.11. The number of thiocyanates is 1. The summed E-state index contributed by atoms with van der Waals surface area (Å²) < 4.78 is 5.35. The first-order valence-corrected chi connectivity index (χ1v) is 8.84. The van der Waals surface area contributed by atoms with E-state index in [9.17, 15) is 4.79 Å². The zero-order valence-corrected chi connectivity index (χ0v) is 15.4. The van der Waals surface area contributed by atoms with Crippen LogP contribution in [0.15, 0.2) is 23.4 Å². The fourth-order valence-electron chi connectivity index (χ4n) is 2.89. The van der Waals surface area contributed by atoms with Crippen molar-refractivity contribution in [2.45, 2.75) is 50.7 Å². The molecule has 1 fully saturated rings. The molecule has 2 heterocycles. The average molecular weight is 348 g/mol. The van der Waals surface area contributed by atoms with E-state index in [1.165, 1.54) is 0 Å². The maximum absolute atomic E-state index is 12.0. The zero-order valence-electron chi connectivity index (χ0n) is 14.6. The smallest absolute Gasteiger partial charge is 0.407 e. The van der Waals surface area contributed by atoms with Gasteiger partial charge in [-0.3, -0.25) is 4.98 Å². The van der Waals surface area contributed by atoms with Crippen molar-refractivity contribution in [1.29, 1.82) is 5.26 Å². The van der Waals surface area contributed by atoms with E-state index >= 15 is 0 Å². The summed E-state index contributed by atoms with van der Waals surface area (Å²) in [7, 11) is 0. The second-order valence-electron chi connectivity index (χ2n) is 7.13. The first-order valence-electron chi connectivity index (χ1n) is 8.03. The fourth-order valence-corrected chi connectivity index (χ4v) is 3.40. The number of hydrogen-bond acceptors (Lipinski definition) is 6. The molecule has 0 unspecified atom stereocenters. The van der Waals surface area contributed by atoms with Crippen LogP contribution in [-0.2, 0) is 4.74 Å². The van der Waals surface area contributed by atoms with Gasteiger partial charge in [-0.1, -0.05) is 6.92 Å². The lowest BCUT2D eigenvalue weighted by Crippen LogP contribution is -2.51. The van der Waals surface area contributed by atoms with Crippen LogP contribution < -0.4 is 10.2 Å². The highest BCUT2D eigenvalue weighted by Gasteiger charge is 2.28. The first-order chi connectivity index (χ1) is 11.3. The Balaban J connectivity index is 2.08. The minimum Gasteiger partial charge on any atom is -0.444 e. The molecule has 1 aliphatic heterocycles. The monoisotopic (exact) mass is 348 g/mol. The van der Waals surface area contributed by atoms with Gasteiger partial charge in [-0.25, -0.2) is 4.79 Å². The van der Waals surface area contributed by atoms with Crippen LogP contribution in [0.5, 0.6) is 0 Å². The Morgan fingerprint density at radius 2 is 2.25 bits per heavy atom. The van der Waals surface area contributed by atoms with E-state index in [1.807, 2.05) is 26.8 Å². The van der Waals surface area contributed by atoms with Gasteiger partial charge < -0.3 is 15.0 Å². The summed E-state index contributed by atoms with van der Waals surface area (Å²) in [5.74, 6) is 0.423. The van der Waals surface area contributed by atoms with E-state index in [4.69, 9.17) is 10.00 Å². The van der Waals surface area contributed by atoms with Crippen LogP contribution in [0.4, 0.5) is 10.5 Å². The molecule has 2 rings (SSSR count). The number of thioether (sulfide) groups is 1. The third-order valence-corrected chi connectivity index (χ3v) is 4.27. The molecular weight excluding hydrogens is 324 g/mol. The number of nitrogens with one attached hydrogen (secondary N) is 1. The van der Waals surface area contributed by atoms with Crippen LogP contribution in [0.2, 0.25) is 0 Å². The summed E-state index contributed by atoms with van der Waals surface area (Å²) in [5, 5.41) is 14.0. The Hall–Kier alpha value is -1.94. The van der Waals surface area contributed by atoms with Gasteiger partial charge in [0.2, 0.25) is 0 Å². The van der Waals surface area contributed by atoms with Gasteiger partial charge in [0.1, 0.15) is 11.0 Å². The molecule has 7 heteroatoms. The van der Waals surface area contributed by atoms with Crippen molar-refractivity contribution in [3.8, 4) is 5.40 Å². The van der Waals surface area contributed by atoms with Crippen molar-refractivity contribution in [2.24, 2.45) is 5.92 Å². The van der Waals surface area contributed by atoms with E-state index in [-0.39, 0.29) is 12.1 Å². The largest absolute Gasteiger partial charge is 0.444 e. The molecule has 1 N–H and O–H groups in total. The van der Waals surface area contributed by atoms with E-state index in [0.717, 1.165) is 35.3 Å². The molecule has 6 nitrogen and oxygen atoms in total. The Bertz CT molecular complexity index is 624. The Morgan fingerprint density at radius 3 is 2.92 bits per heavy atom. The van der Waals surface area contributed by atoms with Gasteiger partial charge in [-0.05, 0) is 50.9 Å². The van der Waals surface area contributed by atoms with E-state index in [1.54, 1.807) is 12.4 Å². The topological polar surface area (TPSA) is 78.2 Å². The van der Waals surface area contributed by atoms with Crippen LogP contribution in [0.3, 0.4) is 0 Å². The first kappa shape index (κ1) is 18.4. The summed E-state index contributed by atoms with van der Waals surface area (Å²) in [6.07, 6.45) is 3.95. The molecule has 1 aromatic heterocycles. The fraction of sp³-hybridized carbons (Fsp3) is 0.588. The van der Waals surface area contributed by atoms with Crippen molar-refractivity contribution in [1.82, 2.24) is 10.3 Å². The Morgan fingerprint density at radius 1 is 1.50 bits per heavy atom. The minimum atomic E-state index is -0.508. The van der Waals surface area contributed by atoms with E-state index < -0.39 is 5.60 Å². The third-order valence-electron chi connectivity index (χ3n) is 3.64. The maximum Gasteiger partial charge on any atom is 0.407 e. The minimum absolute atomic E-state index is 0.0108. The zero-order chi connectivity index (χ0) is 17.7. The summed E-state index contributed by atoms with van der Waals surface area (Å²) in [6.45, 7) is 9.29. The van der Waals surface area contributed by atoms with Crippen LogP contribution in [0.25, 0.3) is 0 Å². The molecule has 0 radical (unpaired) electrons. The molecule has 2 atom stereocenters. The molecule has 1 saturated heterocycles. The predicted octanol–water partition coefficient (Wildman–Crippen LogP) is 3.39. The van der Waals surface area contributed by atoms with Gasteiger partial charge in [0.25, 0.3) is 0 Å². The summed E-state index contributed by atoms with van der Waals surface area (Å²) in [4.78, 5) is 19.2. The number of hydrogen-bond donors (Lipinski definition) is 1. The molecule has 1 amide bonds. The van der Waals surface area contributed by atoms with Gasteiger partial charge >= 0.3 is 6.09 Å². The predicted molar refractivity (Wildman–Crippen MR) is 94.9 cm³/mol. The number of pyridine rings is 1. The second-order valence-corrected chi connectivity index (χ2v) is 7.95. The number of ether oxygens (including phenoxy) is 1. The molecular formula is C17H24N4O2S. The van der Waals surface area contributed by atoms with Crippen molar-refractivity contribution < 1.29 is 9.53 Å². The van der Waals surface area contributed by atoms with Gasteiger partial charge in [0.15, 0.2) is 0 Å². The molecule has 0 aromatic carbocycles. The van der Waals surface area contributed by atoms with Crippen LogP contribution in [0, 0.1) is 16.6 Å². The van der Waals surface area contributed by atoms with Crippen molar-refractivity contribution >= 4 is 23.5 Å². The van der Waals surface area contributed by atoms with Crippen molar-refractivity contribution in [3.63, 3.8) is 0 Å². The highest BCUT2D eigenvalue weighted by Crippen LogP contribution is 2.31. The number of nitriles is 1. The number of carbonyl (C=O) groups excluding carboxylic acids is 1. The molecule has 1 aliphatic rings. The van der Waals surface area contributed by atoms with Crippen LogP contribution in [-0.4, -0.2) is 35.8 Å². The Kier molecular flexibility index (Phi) is 5.94. The standard InChI is InChI=1S/C17H24N4O2S/c1-12-7-13(20-16(22)23-17(2,3)4)10-21(9-12)14-5-6-19-8-15(14)24-11-18/h5-6,8,12-13H,7,9-10H2,1-4H3,(H,20,22)/t12-,13+/m0/s1. The van der Waals surface area contributed by atoms with Crippen LogP contribution >= 0.6 is 11.8 Å². The van der Waals surface area contributed by atoms with Gasteiger partial charge in [-0.2, -0.15) is 5.26 Å². The quantitative estimate of drug-likeness (QED) is 0.666. The summed E-state index contributed by atoms with van der Waals surface area (Å²) in [5.41, 5.74) is 0.477. The number of carbonyl (C=O) groups is 1. The molecule has 0 bridgehead atoms. The molecule has 0 spiro atoms. The number of anilines is 1. The van der Waals surface area contributed by atoms with Crippen molar-refractivity contribution in [2.75, 3.05) is 18.0 Å². The molecule has 24 heavy (non-hydrogen) atoms. The number of amides is 1. The summed E-state index contributed by atoms with van der Waals surface area (Å²) in [6, 6.07) is 1.93. The van der Waals surface area contributed by atoms with Gasteiger partial charge in [0.05, 0.1) is 10.6 Å². The third kappa shape index (κ3) is 5.31. The lowest BCUT2D eigenvalue weighted by molar-refractivity contribution is 0.0495. The lowest BCUT2D eigenvalue weighted by Gasteiger charge is -2.38. The molecule has 0 aliphatic carbocycles. The highest BCUT2D eigenvalue weighted by atomic mass is 32.2. The number of piperidine rings is 1. The SMILES string of the molecule is C[C@H]1C[C@@H](NC(=O)OC(C)(C)C)CN(c2ccncc2SC#N)C1. The number of alkyl carbamates (subject to hydrolysis) is 1. The van der Waals surface area contributed by atoms with Gasteiger partial charge in [0, 0.05) is 31.5 Å². The van der Waals surface area contributed by atoms with Gasteiger partial charge in [-0.15, -0.1) is 0 Å².